The molecule has 0 nitrogen and oxygen atoms in total. The Morgan fingerprint density at radius 2 is 1.89 bits per heavy atom. The molecule has 0 aliphatic carbocycles. The minimum absolute atomic E-state index is 1.05. The first kappa shape index (κ1) is 12.8. The Labute approximate surface area is 116 Å². The SMILES string of the molecule is C=c1cccc/c1=C/C=C(\C)c1cccc(Br)c1. The first-order valence-corrected chi connectivity index (χ1v) is 6.64. The molecule has 0 aliphatic rings. The lowest BCUT2D eigenvalue weighted by molar-refractivity contribution is 1.52. The van der Waals surface area contributed by atoms with E-state index in [0.29, 0.717) is 0 Å². The third-order valence-corrected chi connectivity index (χ3v) is 3.34. The molecule has 0 spiro atoms. The maximum atomic E-state index is 4.02. The normalized spacial score (nSPS) is 12.8. The van der Waals surface area contributed by atoms with E-state index in [0.717, 1.165) is 14.9 Å². The second kappa shape index (κ2) is 5.83. The maximum Gasteiger partial charge on any atom is 0.0181 e. The van der Waals surface area contributed by atoms with Crippen molar-refractivity contribution >= 4 is 34.2 Å². The second-order valence-corrected chi connectivity index (χ2v) is 5.14. The highest BCUT2D eigenvalue weighted by molar-refractivity contribution is 9.10. The number of halogens is 1. The molecule has 90 valence electrons. The Bertz CT molecular complexity index is 681. The van der Waals surface area contributed by atoms with E-state index in [-0.39, 0.29) is 0 Å². The Kier molecular flexibility index (Phi) is 4.16. The number of allylic oxidation sites excluding steroid dienone is 2. The summed E-state index contributed by atoms with van der Waals surface area (Å²) in [4.78, 5) is 0. The first-order valence-electron chi connectivity index (χ1n) is 5.85. The highest BCUT2D eigenvalue weighted by atomic mass is 79.9. The molecular weight excluding hydrogens is 284 g/mol. The predicted molar refractivity (Wildman–Crippen MR) is 83.5 cm³/mol. The van der Waals surface area contributed by atoms with Crippen LogP contribution in [-0.2, 0) is 0 Å². The van der Waals surface area contributed by atoms with Crippen LogP contribution in [0.1, 0.15) is 12.5 Å². The fourth-order valence-corrected chi connectivity index (χ4v) is 2.14. The monoisotopic (exact) mass is 298 g/mol. The van der Waals surface area contributed by atoms with E-state index in [9.17, 15) is 0 Å². The highest BCUT2D eigenvalue weighted by Crippen LogP contribution is 2.18. The van der Waals surface area contributed by atoms with Crippen LogP contribution in [0.25, 0.3) is 18.2 Å². The van der Waals surface area contributed by atoms with E-state index in [1.54, 1.807) is 0 Å². The van der Waals surface area contributed by atoms with Crippen molar-refractivity contribution in [1.82, 2.24) is 0 Å². The summed E-state index contributed by atoms with van der Waals surface area (Å²) in [6.45, 7) is 6.13. The van der Waals surface area contributed by atoms with Gasteiger partial charge in [0.15, 0.2) is 0 Å². The molecule has 0 unspecified atom stereocenters. The van der Waals surface area contributed by atoms with Gasteiger partial charge in [0, 0.05) is 4.47 Å². The molecule has 0 amide bonds. The van der Waals surface area contributed by atoms with Crippen LogP contribution >= 0.6 is 15.9 Å². The molecule has 0 saturated carbocycles. The van der Waals surface area contributed by atoms with Crippen molar-refractivity contribution in [2.75, 3.05) is 0 Å². The quantitative estimate of drug-likeness (QED) is 0.792. The van der Waals surface area contributed by atoms with Crippen LogP contribution in [0.2, 0.25) is 0 Å². The lowest BCUT2D eigenvalue weighted by Gasteiger charge is -2.00. The van der Waals surface area contributed by atoms with Crippen LogP contribution in [0.3, 0.4) is 0 Å². The fraction of sp³-hybridized carbons (Fsp3) is 0.0588. The summed E-state index contributed by atoms with van der Waals surface area (Å²) in [5.74, 6) is 0. The van der Waals surface area contributed by atoms with Crippen molar-refractivity contribution in [3.8, 4) is 0 Å². The zero-order chi connectivity index (χ0) is 13.0. The summed E-state index contributed by atoms with van der Waals surface area (Å²) >= 11 is 3.49. The van der Waals surface area contributed by atoms with Crippen molar-refractivity contribution in [3.63, 3.8) is 0 Å². The summed E-state index contributed by atoms with van der Waals surface area (Å²) < 4.78 is 1.10. The average molecular weight is 299 g/mol. The van der Waals surface area contributed by atoms with E-state index in [2.05, 4.69) is 59.8 Å². The van der Waals surface area contributed by atoms with Gasteiger partial charge in [-0.25, -0.2) is 0 Å². The molecule has 0 saturated heterocycles. The molecule has 0 fully saturated rings. The van der Waals surface area contributed by atoms with Crippen molar-refractivity contribution in [2.24, 2.45) is 0 Å². The molecule has 18 heavy (non-hydrogen) atoms. The van der Waals surface area contributed by atoms with Crippen molar-refractivity contribution < 1.29 is 0 Å². The minimum atomic E-state index is 1.05. The zero-order valence-corrected chi connectivity index (χ0v) is 11.9. The van der Waals surface area contributed by atoms with Gasteiger partial charge < -0.3 is 0 Å². The molecular formula is C17H15Br. The number of rotatable bonds is 2. The van der Waals surface area contributed by atoms with E-state index in [1.165, 1.54) is 11.1 Å². The van der Waals surface area contributed by atoms with Gasteiger partial charge in [0.2, 0.25) is 0 Å². The largest absolute Gasteiger partial charge is 0.0912 e. The molecule has 0 N–H and O–H groups in total. The average Bonchev–Trinajstić information content (AvgIpc) is 2.37. The molecule has 0 aromatic heterocycles. The minimum Gasteiger partial charge on any atom is -0.0912 e. The molecule has 0 radical (unpaired) electrons. The summed E-state index contributed by atoms with van der Waals surface area (Å²) in [5, 5.41) is 2.21. The third kappa shape index (κ3) is 3.21. The fourth-order valence-electron chi connectivity index (χ4n) is 1.74. The van der Waals surface area contributed by atoms with E-state index in [1.807, 2.05) is 30.3 Å². The van der Waals surface area contributed by atoms with Gasteiger partial charge in [-0.15, -0.1) is 0 Å². The second-order valence-electron chi connectivity index (χ2n) is 4.23. The van der Waals surface area contributed by atoms with Crippen molar-refractivity contribution in [3.05, 3.63) is 75.1 Å². The van der Waals surface area contributed by atoms with Gasteiger partial charge in [0.1, 0.15) is 0 Å². The Hall–Kier alpha value is -1.60. The molecule has 0 atom stereocenters. The number of hydrogen-bond acceptors (Lipinski definition) is 0. The molecule has 0 aliphatic heterocycles. The van der Waals surface area contributed by atoms with Gasteiger partial charge in [-0.05, 0) is 40.6 Å². The van der Waals surface area contributed by atoms with Crippen molar-refractivity contribution in [2.45, 2.75) is 6.92 Å². The number of hydrogen-bond donors (Lipinski definition) is 0. The molecule has 1 heteroatoms. The summed E-state index contributed by atoms with van der Waals surface area (Å²) in [7, 11) is 0. The van der Waals surface area contributed by atoms with Gasteiger partial charge in [-0.2, -0.15) is 0 Å². The maximum absolute atomic E-state index is 4.02. The number of benzene rings is 2. The van der Waals surface area contributed by atoms with Gasteiger partial charge in [-0.1, -0.05) is 71.1 Å². The molecule has 2 rings (SSSR count). The lowest BCUT2D eigenvalue weighted by Crippen LogP contribution is -2.21. The van der Waals surface area contributed by atoms with Gasteiger partial charge in [-0.3, -0.25) is 0 Å². The summed E-state index contributed by atoms with van der Waals surface area (Å²) in [6.07, 6.45) is 4.24. The molecule has 2 aromatic rings. The zero-order valence-electron chi connectivity index (χ0n) is 10.4. The first-order chi connectivity index (χ1) is 8.66. The smallest absolute Gasteiger partial charge is 0.0181 e. The highest BCUT2D eigenvalue weighted by Gasteiger charge is 1.94. The van der Waals surface area contributed by atoms with Crippen LogP contribution in [0, 0.1) is 0 Å². The Morgan fingerprint density at radius 1 is 1.11 bits per heavy atom. The van der Waals surface area contributed by atoms with Crippen LogP contribution in [0.5, 0.6) is 0 Å². The van der Waals surface area contributed by atoms with Crippen LogP contribution < -0.4 is 10.4 Å². The molecule has 0 heterocycles. The summed E-state index contributed by atoms with van der Waals surface area (Å²) in [6, 6.07) is 16.4. The third-order valence-electron chi connectivity index (χ3n) is 2.85. The lowest BCUT2D eigenvalue weighted by atomic mass is 10.1. The predicted octanol–water partition coefficient (Wildman–Crippen LogP) is 3.74. The Morgan fingerprint density at radius 3 is 2.61 bits per heavy atom. The van der Waals surface area contributed by atoms with E-state index >= 15 is 0 Å². The van der Waals surface area contributed by atoms with Crippen LogP contribution in [0.4, 0.5) is 0 Å². The van der Waals surface area contributed by atoms with Crippen LogP contribution in [-0.4, -0.2) is 0 Å². The van der Waals surface area contributed by atoms with E-state index < -0.39 is 0 Å². The van der Waals surface area contributed by atoms with E-state index in [4.69, 9.17) is 0 Å². The molecule has 2 aromatic carbocycles. The Balaban J connectivity index is 2.38. The van der Waals surface area contributed by atoms with Gasteiger partial charge >= 0.3 is 0 Å². The van der Waals surface area contributed by atoms with Crippen LogP contribution in [0.15, 0.2) is 59.1 Å². The summed E-state index contributed by atoms with van der Waals surface area (Å²) in [5.41, 5.74) is 2.46. The standard InChI is InChI=1S/C17H15Br/c1-13-6-3-4-7-15(13)11-10-14(2)16-8-5-9-17(18)12-16/h3-12H,1H2,2H3/b14-10+,15-11-. The van der Waals surface area contributed by atoms with Gasteiger partial charge in [0.25, 0.3) is 0 Å². The molecule has 0 bridgehead atoms. The topological polar surface area (TPSA) is 0 Å². The van der Waals surface area contributed by atoms with Gasteiger partial charge in [0.05, 0.1) is 0 Å². The van der Waals surface area contributed by atoms with Crippen molar-refractivity contribution in [1.29, 1.82) is 0 Å².